The summed E-state index contributed by atoms with van der Waals surface area (Å²) >= 11 is 0. The second-order valence-corrected chi connectivity index (χ2v) is 12.1. The normalized spacial score (nSPS) is 17.2. The van der Waals surface area contributed by atoms with Crippen molar-refractivity contribution in [2.45, 2.75) is 70.7 Å². The minimum Gasteiger partial charge on any atom is -0.493 e. The summed E-state index contributed by atoms with van der Waals surface area (Å²) in [5, 5.41) is 10.2. The lowest BCUT2D eigenvalue weighted by Crippen LogP contribution is -2.41. The van der Waals surface area contributed by atoms with Crippen LogP contribution in [-0.4, -0.2) is 64.0 Å². The molecule has 0 unspecified atom stereocenters. The van der Waals surface area contributed by atoms with E-state index in [1.807, 2.05) is 37.6 Å². The molecule has 1 aromatic carbocycles. The minimum absolute atomic E-state index is 0.110. The van der Waals surface area contributed by atoms with E-state index >= 15 is 0 Å². The minimum atomic E-state index is -4.66. The molecule has 0 radical (unpaired) electrons. The lowest BCUT2D eigenvalue weighted by Gasteiger charge is -2.33. The van der Waals surface area contributed by atoms with Crippen LogP contribution in [0, 0.1) is 17.2 Å². The van der Waals surface area contributed by atoms with Crippen molar-refractivity contribution in [3.05, 3.63) is 41.9 Å². The van der Waals surface area contributed by atoms with Crippen LogP contribution in [0.1, 0.15) is 70.3 Å². The first-order chi connectivity index (χ1) is 20.4. The Bertz CT molecular complexity index is 1490. The summed E-state index contributed by atoms with van der Waals surface area (Å²) < 4.78 is 61.3. The fraction of sp³-hybridized carbons (Fsp3) is 0.548. The molecule has 0 aliphatic carbocycles. The maximum Gasteiger partial charge on any atom is 0.419 e. The first kappa shape index (κ1) is 30.6. The van der Waals surface area contributed by atoms with E-state index in [9.17, 15) is 23.2 Å². The number of carbonyl (C=O) groups is 1. The number of halogens is 3. The van der Waals surface area contributed by atoms with Gasteiger partial charge in [0, 0.05) is 49.5 Å². The van der Waals surface area contributed by atoms with Gasteiger partial charge in [0.1, 0.15) is 23.1 Å². The highest BCUT2D eigenvalue weighted by atomic mass is 19.4. The number of fused-ring (bicyclic) bond motifs is 1. The maximum atomic E-state index is 14.2. The molecule has 0 bridgehead atoms. The second kappa shape index (κ2) is 12.4. The molecule has 2 aliphatic heterocycles. The maximum absolute atomic E-state index is 14.2. The molecular formula is C31H36F3N5O4. The SMILES string of the molecule is CC(C)(C)OC(=O)N1CCC(CCOc2ccc(-c3nc(C#N)nc4c3ccn4C3CCOCC3)cc2C(F)(F)F)CC1. The van der Waals surface area contributed by atoms with Crippen molar-refractivity contribution in [1.29, 1.82) is 5.26 Å². The van der Waals surface area contributed by atoms with Gasteiger partial charge in [-0.2, -0.15) is 18.4 Å². The number of amides is 1. The molecule has 230 valence electrons. The number of aromatic nitrogens is 3. The van der Waals surface area contributed by atoms with Crippen molar-refractivity contribution in [2.24, 2.45) is 5.92 Å². The van der Waals surface area contributed by atoms with E-state index in [0.29, 0.717) is 43.8 Å². The number of carbonyl (C=O) groups excluding carboxylic acids is 1. The Balaban J connectivity index is 1.31. The number of nitrogens with zero attached hydrogens (tertiary/aromatic N) is 5. The third-order valence-electron chi connectivity index (χ3n) is 7.86. The Hall–Kier alpha value is -3.85. The molecule has 43 heavy (non-hydrogen) atoms. The average molecular weight is 600 g/mol. The van der Waals surface area contributed by atoms with Crippen LogP contribution in [0.2, 0.25) is 0 Å². The third-order valence-corrected chi connectivity index (χ3v) is 7.86. The molecule has 0 saturated carbocycles. The number of hydrogen-bond acceptors (Lipinski definition) is 7. The van der Waals surface area contributed by atoms with Crippen molar-refractivity contribution in [2.75, 3.05) is 32.9 Å². The molecule has 12 heteroatoms. The molecule has 4 heterocycles. The summed E-state index contributed by atoms with van der Waals surface area (Å²) in [6.07, 6.45) is 0.413. The van der Waals surface area contributed by atoms with Crippen LogP contribution in [-0.2, 0) is 15.7 Å². The molecule has 2 aromatic heterocycles. The van der Waals surface area contributed by atoms with Gasteiger partial charge < -0.3 is 23.7 Å². The molecule has 2 saturated heterocycles. The second-order valence-electron chi connectivity index (χ2n) is 12.1. The van der Waals surface area contributed by atoms with Gasteiger partial charge >= 0.3 is 12.3 Å². The molecule has 9 nitrogen and oxygen atoms in total. The molecule has 2 aliphatic rings. The number of hydrogen-bond donors (Lipinski definition) is 0. The Kier molecular flexibility index (Phi) is 8.83. The van der Waals surface area contributed by atoms with Crippen molar-refractivity contribution >= 4 is 17.1 Å². The average Bonchev–Trinajstić information content (AvgIpc) is 3.40. The van der Waals surface area contributed by atoms with Gasteiger partial charge in [0.05, 0.1) is 17.9 Å². The van der Waals surface area contributed by atoms with Crippen LogP contribution in [0.5, 0.6) is 5.75 Å². The van der Waals surface area contributed by atoms with Crippen LogP contribution in [0.3, 0.4) is 0 Å². The zero-order valence-electron chi connectivity index (χ0n) is 24.6. The zero-order chi connectivity index (χ0) is 30.8. The number of alkyl halides is 3. The van der Waals surface area contributed by atoms with Gasteiger partial charge in [-0.05, 0) is 83.1 Å². The lowest BCUT2D eigenvalue weighted by molar-refractivity contribution is -0.138. The van der Waals surface area contributed by atoms with Crippen LogP contribution in [0.15, 0.2) is 30.5 Å². The van der Waals surface area contributed by atoms with E-state index in [2.05, 4.69) is 9.97 Å². The molecular weight excluding hydrogens is 563 g/mol. The predicted octanol–water partition coefficient (Wildman–Crippen LogP) is 6.76. The molecule has 0 spiro atoms. The van der Waals surface area contributed by atoms with Crippen LogP contribution < -0.4 is 4.74 Å². The van der Waals surface area contributed by atoms with Gasteiger partial charge in [0.2, 0.25) is 5.82 Å². The molecule has 3 aromatic rings. The van der Waals surface area contributed by atoms with Gasteiger partial charge in [-0.1, -0.05) is 0 Å². The number of piperidine rings is 1. The van der Waals surface area contributed by atoms with Gasteiger partial charge in [-0.15, -0.1) is 0 Å². The Morgan fingerprint density at radius 3 is 2.47 bits per heavy atom. The summed E-state index contributed by atoms with van der Waals surface area (Å²) in [6.45, 7) is 7.86. The fourth-order valence-corrected chi connectivity index (χ4v) is 5.65. The van der Waals surface area contributed by atoms with Crippen LogP contribution in [0.4, 0.5) is 18.0 Å². The highest BCUT2D eigenvalue weighted by Crippen LogP contribution is 2.40. The monoisotopic (exact) mass is 599 g/mol. The topological polar surface area (TPSA) is 102 Å². The van der Waals surface area contributed by atoms with Crippen LogP contribution >= 0.6 is 0 Å². The number of likely N-dealkylation sites (tertiary alicyclic amines) is 1. The van der Waals surface area contributed by atoms with Gasteiger partial charge in [0.15, 0.2) is 0 Å². The smallest absolute Gasteiger partial charge is 0.419 e. The molecule has 1 amide bonds. The fourth-order valence-electron chi connectivity index (χ4n) is 5.65. The molecule has 0 atom stereocenters. The summed E-state index contributed by atoms with van der Waals surface area (Å²) in [6, 6.07) is 7.74. The predicted molar refractivity (Wildman–Crippen MR) is 152 cm³/mol. The first-order valence-electron chi connectivity index (χ1n) is 14.6. The highest BCUT2D eigenvalue weighted by molar-refractivity contribution is 5.91. The largest absolute Gasteiger partial charge is 0.493 e. The van der Waals surface area contributed by atoms with Crippen molar-refractivity contribution in [3.8, 4) is 23.1 Å². The van der Waals surface area contributed by atoms with Crippen molar-refractivity contribution in [1.82, 2.24) is 19.4 Å². The van der Waals surface area contributed by atoms with E-state index < -0.39 is 17.3 Å². The summed E-state index contributed by atoms with van der Waals surface area (Å²) in [5.41, 5.74) is -0.469. The van der Waals surface area contributed by atoms with Gasteiger partial charge in [-0.25, -0.2) is 14.8 Å². The van der Waals surface area contributed by atoms with E-state index in [1.54, 1.807) is 17.0 Å². The Labute approximate surface area is 248 Å². The molecule has 2 fully saturated rings. The zero-order valence-corrected chi connectivity index (χ0v) is 24.6. The molecule has 5 rings (SSSR count). The summed E-state index contributed by atoms with van der Waals surface area (Å²) in [5.74, 6) is -0.139. The summed E-state index contributed by atoms with van der Waals surface area (Å²) in [7, 11) is 0. The highest BCUT2D eigenvalue weighted by Gasteiger charge is 2.35. The lowest BCUT2D eigenvalue weighted by atomic mass is 9.94. The van der Waals surface area contributed by atoms with Gasteiger partial charge in [0.25, 0.3) is 0 Å². The first-order valence-corrected chi connectivity index (χ1v) is 14.6. The van der Waals surface area contributed by atoms with E-state index in [-0.39, 0.29) is 47.5 Å². The number of nitriles is 1. The number of ether oxygens (including phenoxy) is 3. The van der Waals surface area contributed by atoms with Crippen molar-refractivity contribution in [3.63, 3.8) is 0 Å². The number of benzene rings is 1. The standard InChI is InChI=1S/C31H36F3N5O4/c1-30(2,3)43-29(40)38-12-6-20(7-13-38)9-17-42-25-5-4-21(18-24(25)31(32,33)34)27-23-8-14-39(22-10-15-41-16-11-22)28(23)37-26(19-35)36-27/h4-5,8,14,18,20,22H,6-7,9-13,15-17H2,1-3H3. The summed E-state index contributed by atoms with van der Waals surface area (Å²) in [4.78, 5) is 22.7. The van der Waals surface area contributed by atoms with Gasteiger partial charge in [-0.3, -0.25) is 0 Å². The van der Waals surface area contributed by atoms with E-state index in [0.717, 1.165) is 31.7 Å². The number of rotatable bonds is 6. The van der Waals surface area contributed by atoms with E-state index in [1.165, 1.54) is 6.07 Å². The molecule has 0 N–H and O–H groups in total. The van der Waals surface area contributed by atoms with Crippen LogP contribution in [0.25, 0.3) is 22.3 Å². The Morgan fingerprint density at radius 2 is 1.81 bits per heavy atom. The third kappa shape index (κ3) is 7.21. The van der Waals surface area contributed by atoms with E-state index in [4.69, 9.17) is 14.2 Å². The van der Waals surface area contributed by atoms with Crippen molar-refractivity contribution < 1.29 is 32.2 Å². The Morgan fingerprint density at radius 1 is 1.09 bits per heavy atom. The quantitative estimate of drug-likeness (QED) is 0.309.